The van der Waals surface area contributed by atoms with E-state index in [0.717, 1.165) is 30.6 Å². The lowest BCUT2D eigenvalue weighted by atomic mass is 10.1. The monoisotopic (exact) mass is 335 g/mol. The number of nitrogens with one attached hydrogen (secondary N) is 1. The van der Waals surface area contributed by atoms with Crippen LogP contribution in [0.25, 0.3) is 0 Å². The standard InChI is InChI=1S/C18H25NO3S/c1-14(18(21)19-15-9-5-2-3-6-10-15)22-17(20)13-23-16-11-7-4-8-12-16/h4,7-8,11-12,14-15H,2-3,5-6,9-10,13H2,1H3,(H,19,21)/t14-/m0/s1. The molecule has 0 radical (unpaired) electrons. The predicted octanol–water partition coefficient (Wildman–Crippen LogP) is 3.55. The highest BCUT2D eigenvalue weighted by molar-refractivity contribution is 8.00. The van der Waals surface area contributed by atoms with E-state index in [1.54, 1.807) is 6.92 Å². The van der Waals surface area contributed by atoms with Crippen LogP contribution in [-0.4, -0.2) is 29.8 Å². The van der Waals surface area contributed by atoms with Crippen molar-refractivity contribution < 1.29 is 14.3 Å². The first-order chi connectivity index (χ1) is 11.1. The molecule has 1 aliphatic carbocycles. The van der Waals surface area contributed by atoms with Gasteiger partial charge < -0.3 is 10.1 Å². The summed E-state index contributed by atoms with van der Waals surface area (Å²) in [7, 11) is 0. The summed E-state index contributed by atoms with van der Waals surface area (Å²) in [5.74, 6) is -0.331. The molecule has 5 heteroatoms. The van der Waals surface area contributed by atoms with Crippen molar-refractivity contribution in [3.63, 3.8) is 0 Å². The minimum absolute atomic E-state index is 0.185. The summed E-state index contributed by atoms with van der Waals surface area (Å²) < 4.78 is 5.23. The molecule has 1 saturated carbocycles. The van der Waals surface area contributed by atoms with Gasteiger partial charge in [-0.2, -0.15) is 0 Å². The van der Waals surface area contributed by atoms with Crippen LogP contribution < -0.4 is 5.32 Å². The van der Waals surface area contributed by atoms with Gasteiger partial charge in [0.05, 0.1) is 5.75 Å². The third kappa shape index (κ3) is 6.65. The number of esters is 1. The van der Waals surface area contributed by atoms with Crippen LogP contribution in [0.3, 0.4) is 0 Å². The number of carbonyl (C=O) groups is 2. The van der Waals surface area contributed by atoms with Gasteiger partial charge >= 0.3 is 5.97 Å². The van der Waals surface area contributed by atoms with Gasteiger partial charge in [-0.25, -0.2) is 0 Å². The molecule has 4 nitrogen and oxygen atoms in total. The van der Waals surface area contributed by atoms with Crippen LogP contribution in [-0.2, 0) is 14.3 Å². The summed E-state index contributed by atoms with van der Waals surface area (Å²) in [6, 6.07) is 9.90. The summed E-state index contributed by atoms with van der Waals surface area (Å²) in [6.07, 6.45) is 6.12. The minimum atomic E-state index is -0.734. The molecule has 1 fully saturated rings. The smallest absolute Gasteiger partial charge is 0.317 e. The fraction of sp³-hybridized carbons (Fsp3) is 0.556. The zero-order chi connectivity index (χ0) is 16.5. The zero-order valence-corrected chi connectivity index (χ0v) is 14.4. The molecule has 1 aromatic rings. The molecule has 0 unspecified atom stereocenters. The molecule has 0 saturated heterocycles. The van der Waals surface area contributed by atoms with Gasteiger partial charge in [-0.1, -0.05) is 43.9 Å². The Hall–Kier alpha value is -1.49. The highest BCUT2D eigenvalue weighted by atomic mass is 32.2. The molecule has 1 aromatic carbocycles. The Labute approximate surface area is 142 Å². The maximum atomic E-state index is 12.1. The van der Waals surface area contributed by atoms with Crippen molar-refractivity contribution >= 4 is 23.6 Å². The number of ether oxygens (including phenoxy) is 1. The molecule has 1 N–H and O–H groups in total. The van der Waals surface area contributed by atoms with E-state index in [0.29, 0.717) is 0 Å². The zero-order valence-electron chi connectivity index (χ0n) is 13.6. The number of benzene rings is 1. The summed E-state index contributed by atoms with van der Waals surface area (Å²) in [5.41, 5.74) is 0. The van der Waals surface area contributed by atoms with Crippen molar-refractivity contribution in [1.29, 1.82) is 0 Å². The summed E-state index contributed by atoms with van der Waals surface area (Å²) in [4.78, 5) is 25.0. The Kier molecular flexibility index (Phi) is 7.46. The molecule has 23 heavy (non-hydrogen) atoms. The second kappa shape index (κ2) is 9.60. The molecule has 1 atom stereocenters. The number of amides is 1. The Morgan fingerprint density at radius 2 is 1.83 bits per heavy atom. The number of thioether (sulfide) groups is 1. The fourth-order valence-corrected chi connectivity index (χ4v) is 3.39. The van der Waals surface area contributed by atoms with Crippen molar-refractivity contribution in [3.05, 3.63) is 30.3 Å². The van der Waals surface area contributed by atoms with Crippen LogP contribution in [0.4, 0.5) is 0 Å². The van der Waals surface area contributed by atoms with Gasteiger partial charge in [0.25, 0.3) is 5.91 Å². The highest BCUT2D eigenvalue weighted by Crippen LogP contribution is 2.18. The van der Waals surface area contributed by atoms with E-state index >= 15 is 0 Å². The lowest BCUT2D eigenvalue weighted by molar-refractivity contribution is -0.152. The molecule has 2 rings (SSSR count). The molecule has 1 amide bonds. The topological polar surface area (TPSA) is 55.4 Å². The summed E-state index contributed by atoms with van der Waals surface area (Å²) in [5, 5.41) is 3.01. The number of carbonyl (C=O) groups excluding carboxylic acids is 2. The first-order valence-electron chi connectivity index (χ1n) is 8.33. The normalized spacial score (nSPS) is 17.1. The molecule has 0 aliphatic heterocycles. The van der Waals surface area contributed by atoms with Crippen molar-refractivity contribution in [2.75, 3.05) is 5.75 Å². The van der Waals surface area contributed by atoms with Gasteiger partial charge in [-0.15, -0.1) is 11.8 Å². The van der Waals surface area contributed by atoms with Crippen LogP contribution in [0, 0.1) is 0 Å². The molecule has 0 heterocycles. The number of hydrogen-bond acceptors (Lipinski definition) is 4. The Morgan fingerprint density at radius 1 is 1.17 bits per heavy atom. The minimum Gasteiger partial charge on any atom is -0.452 e. The second-order valence-electron chi connectivity index (χ2n) is 5.93. The summed E-state index contributed by atoms with van der Waals surface area (Å²) in [6.45, 7) is 1.64. The SMILES string of the molecule is C[C@H](OC(=O)CSc1ccccc1)C(=O)NC1CCCCCC1. The molecule has 126 valence electrons. The lowest BCUT2D eigenvalue weighted by Gasteiger charge is -2.19. The van der Waals surface area contributed by atoms with Crippen molar-refractivity contribution in [2.45, 2.75) is 62.5 Å². The van der Waals surface area contributed by atoms with E-state index in [4.69, 9.17) is 4.74 Å². The predicted molar refractivity (Wildman–Crippen MR) is 92.4 cm³/mol. The van der Waals surface area contributed by atoms with E-state index < -0.39 is 6.10 Å². The van der Waals surface area contributed by atoms with Gasteiger partial charge in [0.1, 0.15) is 0 Å². The van der Waals surface area contributed by atoms with Crippen molar-refractivity contribution in [3.8, 4) is 0 Å². The Morgan fingerprint density at radius 3 is 2.48 bits per heavy atom. The van der Waals surface area contributed by atoms with Gasteiger partial charge in [-0.3, -0.25) is 9.59 Å². The van der Waals surface area contributed by atoms with Crippen molar-refractivity contribution in [1.82, 2.24) is 5.32 Å². The number of rotatable bonds is 6. The van der Waals surface area contributed by atoms with Gasteiger partial charge in [-0.05, 0) is 31.9 Å². The van der Waals surface area contributed by atoms with Crippen LogP contribution in [0.5, 0.6) is 0 Å². The summed E-state index contributed by atoms with van der Waals surface area (Å²) >= 11 is 1.41. The maximum Gasteiger partial charge on any atom is 0.317 e. The van der Waals surface area contributed by atoms with E-state index in [-0.39, 0.29) is 23.7 Å². The third-order valence-corrected chi connectivity index (χ3v) is 4.96. The van der Waals surface area contributed by atoms with E-state index in [2.05, 4.69) is 5.32 Å². The molecule has 1 aliphatic rings. The first kappa shape index (κ1) is 17.9. The molecular formula is C18H25NO3S. The van der Waals surface area contributed by atoms with E-state index in [1.165, 1.54) is 24.6 Å². The maximum absolute atomic E-state index is 12.1. The van der Waals surface area contributed by atoms with Crippen LogP contribution in [0.1, 0.15) is 45.4 Å². The lowest BCUT2D eigenvalue weighted by Crippen LogP contribution is -2.42. The average molecular weight is 335 g/mol. The van der Waals surface area contributed by atoms with Gasteiger partial charge in [0.15, 0.2) is 6.10 Å². The van der Waals surface area contributed by atoms with Crippen LogP contribution in [0.15, 0.2) is 35.2 Å². The molecule has 0 spiro atoms. The highest BCUT2D eigenvalue weighted by Gasteiger charge is 2.21. The van der Waals surface area contributed by atoms with Crippen LogP contribution >= 0.6 is 11.8 Å². The number of hydrogen-bond donors (Lipinski definition) is 1. The third-order valence-electron chi connectivity index (χ3n) is 3.98. The van der Waals surface area contributed by atoms with Gasteiger partial charge in [0, 0.05) is 10.9 Å². The second-order valence-corrected chi connectivity index (χ2v) is 6.98. The van der Waals surface area contributed by atoms with E-state index in [1.807, 2.05) is 30.3 Å². The van der Waals surface area contributed by atoms with Crippen molar-refractivity contribution in [2.24, 2.45) is 0 Å². The first-order valence-corrected chi connectivity index (χ1v) is 9.31. The van der Waals surface area contributed by atoms with E-state index in [9.17, 15) is 9.59 Å². The molecule has 0 aromatic heterocycles. The Balaban J connectivity index is 1.70. The average Bonchev–Trinajstić information content (AvgIpc) is 2.82. The molecule has 0 bridgehead atoms. The largest absolute Gasteiger partial charge is 0.452 e. The molecular weight excluding hydrogens is 310 g/mol. The van der Waals surface area contributed by atoms with Crippen LogP contribution in [0.2, 0.25) is 0 Å². The fourth-order valence-electron chi connectivity index (χ4n) is 2.69. The van der Waals surface area contributed by atoms with Gasteiger partial charge in [0.2, 0.25) is 0 Å². The Bertz CT molecular complexity index is 498. The quantitative estimate of drug-likeness (QED) is 0.491.